The summed E-state index contributed by atoms with van der Waals surface area (Å²) in [4.78, 5) is 0.218. The number of nitrogens with zero attached hydrogens (tertiary/aromatic N) is 1. The molecule has 2 aromatic rings. The fourth-order valence-corrected chi connectivity index (χ4v) is 5.34. The van der Waals surface area contributed by atoms with Crippen LogP contribution in [0.3, 0.4) is 0 Å². The topological polar surface area (TPSA) is 57.6 Å². The van der Waals surface area contributed by atoms with Crippen LogP contribution in [0.15, 0.2) is 41.3 Å². The predicted molar refractivity (Wildman–Crippen MR) is 87.6 cm³/mol. The predicted octanol–water partition coefficient (Wildman–Crippen LogP) is 3.03. The Bertz CT molecular complexity index is 786. The average molecular weight is 340 g/mol. The highest BCUT2D eigenvalue weighted by atomic mass is 35.5. The molecule has 0 radical (unpaired) electrons. The van der Waals surface area contributed by atoms with Gasteiger partial charge in [0.25, 0.3) is 0 Å². The highest BCUT2D eigenvalue weighted by molar-refractivity contribution is 7.89. The number of hydrogen-bond acceptors (Lipinski definition) is 3. The minimum Gasteiger partial charge on any atom is -0.395 e. The van der Waals surface area contributed by atoms with Crippen molar-refractivity contribution in [3.05, 3.63) is 41.4 Å². The molecule has 22 heavy (non-hydrogen) atoms. The van der Waals surface area contributed by atoms with Crippen molar-refractivity contribution in [3.8, 4) is 0 Å². The molecule has 1 N–H and O–H groups in total. The molecule has 1 atom stereocenters. The maximum absolute atomic E-state index is 13.1. The lowest BCUT2D eigenvalue weighted by Crippen LogP contribution is -2.45. The molecule has 0 aliphatic carbocycles. The third-order valence-corrected chi connectivity index (χ3v) is 6.50. The molecule has 1 heterocycles. The van der Waals surface area contributed by atoms with Crippen molar-refractivity contribution in [3.63, 3.8) is 0 Å². The summed E-state index contributed by atoms with van der Waals surface area (Å²) in [5.41, 5.74) is 0. The molecule has 1 aliphatic heterocycles. The highest BCUT2D eigenvalue weighted by Crippen LogP contribution is 2.33. The van der Waals surface area contributed by atoms with Crippen LogP contribution in [0.2, 0.25) is 5.02 Å². The molecule has 0 spiro atoms. The van der Waals surface area contributed by atoms with Gasteiger partial charge in [-0.25, -0.2) is 8.42 Å². The smallest absolute Gasteiger partial charge is 0.244 e. The van der Waals surface area contributed by atoms with Gasteiger partial charge in [0.2, 0.25) is 10.0 Å². The van der Waals surface area contributed by atoms with Crippen LogP contribution in [0, 0.1) is 0 Å². The third kappa shape index (κ3) is 2.63. The first kappa shape index (κ1) is 15.7. The largest absolute Gasteiger partial charge is 0.395 e. The second kappa shape index (κ2) is 6.16. The lowest BCUT2D eigenvalue weighted by molar-refractivity contribution is 0.155. The maximum Gasteiger partial charge on any atom is 0.244 e. The Morgan fingerprint density at radius 2 is 1.91 bits per heavy atom. The van der Waals surface area contributed by atoms with Crippen LogP contribution >= 0.6 is 11.6 Å². The first-order valence-corrected chi connectivity index (χ1v) is 9.17. The van der Waals surface area contributed by atoms with E-state index in [1.807, 2.05) is 12.1 Å². The van der Waals surface area contributed by atoms with E-state index in [1.165, 1.54) is 4.31 Å². The molecule has 0 aromatic heterocycles. The summed E-state index contributed by atoms with van der Waals surface area (Å²) >= 11 is 6.25. The summed E-state index contributed by atoms with van der Waals surface area (Å²) in [7, 11) is -3.68. The minimum absolute atomic E-state index is 0.155. The Labute approximate surface area is 135 Å². The summed E-state index contributed by atoms with van der Waals surface area (Å²) in [5.74, 6) is 0. The lowest BCUT2D eigenvalue weighted by atomic mass is 10.1. The van der Waals surface area contributed by atoms with Crippen molar-refractivity contribution >= 4 is 32.4 Å². The molecule has 2 aromatic carbocycles. The second-order valence-corrected chi connectivity index (χ2v) is 7.81. The van der Waals surface area contributed by atoms with Gasteiger partial charge in [-0.15, -0.1) is 0 Å². The number of halogens is 1. The minimum atomic E-state index is -3.68. The normalized spacial score (nSPS) is 20.4. The molecule has 4 nitrogen and oxygen atoms in total. The van der Waals surface area contributed by atoms with E-state index in [4.69, 9.17) is 11.6 Å². The van der Waals surface area contributed by atoms with E-state index < -0.39 is 10.0 Å². The van der Waals surface area contributed by atoms with Crippen LogP contribution in [-0.2, 0) is 10.0 Å². The number of benzene rings is 2. The zero-order chi connectivity index (χ0) is 15.7. The number of piperidine rings is 1. The van der Waals surface area contributed by atoms with Crippen molar-refractivity contribution in [2.75, 3.05) is 13.2 Å². The number of rotatable bonds is 3. The van der Waals surface area contributed by atoms with E-state index >= 15 is 0 Å². The van der Waals surface area contributed by atoms with Crippen LogP contribution in [0.1, 0.15) is 19.3 Å². The maximum atomic E-state index is 13.1. The van der Waals surface area contributed by atoms with Gasteiger partial charge >= 0.3 is 0 Å². The van der Waals surface area contributed by atoms with Gasteiger partial charge in [-0.05, 0) is 30.4 Å². The number of sulfonamides is 1. The van der Waals surface area contributed by atoms with E-state index in [1.54, 1.807) is 24.3 Å². The molecule has 1 unspecified atom stereocenters. The first-order valence-electron chi connectivity index (χ1n) is 7.35. The van der Waals surface area contributed by atoms with Crippen molar-refractivity contribution in [1.82, 2.24) is 4.31 Å². The SMILES string of the molecule is O=S(=O)(c1cccc2cccc(Cl)c12)N1CCCCC1CO. The molecule has 6 heteroatoms. The van der Waals surface area contributed by atoms with Gasteiger partial charge in [0.05, 0.1) is 11.5 Å². The summed E-state index contributed by atoms with van der Waals surface area (Å²) in [5, 5.41) is 11.3. The van der Waals surface area contributed by atoms with Crippen molar-refractivity contribution in [2.45, 2.75) is 30.2 Å². The van der Waals surface area contributed by atoms with E-state index in [0.29, 0.717) is 23.4 Å². The molecule has 118 valence electrons. The summed E-state index contributed by atoms with van der Waals surface area (Å²) < 4.78 is 27.6. The Kier molecular flexibility index (Phi) is 4.41. The fraction of sp³-hybridized carbons (Fsp3) is 0.375. The van der Waals surface area contributed by atoms with Gasteiger partial charge < -0.3 is 5.11 Å². The van der Waals surface area contributed by atoms with Crippen molar-refractivity contribution in [1.29, 1.82) is 0 Å². The van der Waals surface area contributed by atoms with Gasteiger partial charge in [0.1, 0.15) is 0 Å². The van der Waals surface area contributed by atoms with Crippen LogP contribution in [0.4, 0.5) is 0 Å². The third-order valence-electron chi connectivity index (χ3n) is 4.19. The molecule has 0 bridgehead atoms. The van der Waals surface area contributed by atoms with Crippen molar-refractivity contribution in [2.24, 2.45) is 0 Å². The molecule has 3 rings (SSSR count). The molecule has 1 aliphatic rings. The molecular formula is C16H18ClNO3S. The monoisotopic (exact) mass is 339 g/mol. The zero-order valence-corrected chi connectivity index (χ0v) is 13.6. The van der Waals surface area contributed by atoms with Gasteiger partial charge in [-0.3, -0.25) is 0 Å². The van der Waals surface area contributed by atoms with E-state index in [2.05, 4.69) is 0 Å². The number of hydrogen-bond donors (Lipinski definition) is 1. The Morgan fingerprint density at radius 1 is 1.18 bits per heavy atom. The molecule has 0 saturated carbocycles. The van der Waals surface area contributed by atoms with Gasteiger partial charge in [-0.1, -0.05) is 42.3 Å². The van der Waals surface area contributed by atoms with Crippen molar-refractivity contribution < 1.29 is 13.5 Å². The van der Waals surface area contributed by atoms with Crippen LogP contribution in [-0.4, -0.2) is 37.0 Å². The summed E-state index contributed by atoms with van der Waals surface area (Å²) in [6.45, 7) is 0.284. The van der Waals surface area contributed by atoms with Gasteiger partial charge in [-0.2, -0.15) is 4.31 Å². The summed E-state index contributed by atoms with van der Waals surface area (Å²) in [6, 6.07) is 10.2. The number of fused-ring (bicyclic) bond motifs is 1. The Morgan fingerprint density at radius 3 is 2.64 bits per heavy atom. The molecular weight excluding hydrogens is 322 g/mol. The average Bonchev–Trinajstić information content (AvgIpc) is 2.54. The Hall–Kier alpha value is -1.14. The quantitative estimate of drug-likeness (QED) is 0.935. The first-order chi connectivity index (χ1) is 10.6. The molecule has 1 saturated heterocycles. The zero-order valence-electron chi connectivity index (χ0n) is 12.1. The lowest BCUT2D eigenvalue weighted by Gasteiger charge is -2.33. The highest BCUT2D eigenvalue weighted by Gasteiger charge is 2.34. The molecule has 0 amide bonds. The standard InChI is InChI=1S/C16H18ClNO3S/c17-14-8-3-5-12-6-4-9-15(16(12)14)22(20,21)18-10-2-1-7-13(18)11-19/h3-6,8-9,13,19H,1-2,7,10-11H2. The second-order valence-electron chi connectivity index (χ2n) is 5.54. The number of aliphatic hydroxyl groups excluding tert-OH is 1. The van der Waals surface area contributed by atoms with E-state index in [0.717, 1.165) is 18.2 Å². The molecule has 1 fully saturated rings. The van der Waals surface area contributed by atoms with Gasteiger partial charge in [0.15, 0.2) is 0 Å². The van der Waals surface area contributed by atoms with Crippen LogP contribution in [0.5, 0.6) is 0 Å². The Balaban J connectivity index is 2.17. The number of aliphatic hydroxyl groups is 1. The van der Waals surface area contributed by atoms with E-state index in [-0.39, 0.29) is 17.5 Å². The van der Waals surface area contributed by atoms with E-state index in [9.17, 15) is 13.5 Å². The van der Waals surface area contributed by atoms with Crippen LogP contribution in [0.25, 0.3) is 10.8 Å². The van der Waals surface area contributed by atoms with Crippen LogP contribution < -0.4 is 0 Å². The van der Waals surface area contributed by atoms with Gasteiger partial charge in [0, 0.05) is 23.0 Å². The fourth-order valence-electron chi connectivity index (χ4n) is 3.08. The summed E-state index contributed by atoms with van der Waals surface area (Å²) in [6.07, 6.45) is 2.44.